The topological polar surface area (TPSA) is 16.1 Å². The first-order valence-electron chi connectivity index (χ1n) is 7.59. The minimum atomic E-state index is 1.10. The van der Waals surface area contributed by atoms with Gasteiger partial charge in [-0.3, -0.25) is 0 Å². The highest BCUT2D eigenvalue weighted by atomic mass is 32.1. The molecule has 0 N–H and O–H groups in total. The smallest absolute Gasteiger partial charge is 0.0812 e. The molecule has 0 saturated carbocycles. The van der Waals surface area contributed by atoms with Crippen LogP contribution in [0.25, 0.3) is 21.0 Å². The largest absolute Gasteiger partial charge is 0.378 e. The fourth-order valence-electron chi connectivity index (χ4n) is 2.43. The van der Waals surface area contributed by atoms with Crippen LogP contribution < -0.4 is 4.90 Å². The minimum absolute atomic E-state index is 1.10. The van der Waals surface area contributed by atoms with E-state index >= 15 is 0 Å². The SMILES string of the molecule is Cc1ccc2cc(N(C)C)ccc2c1.c1ccc2scnc2c1. The van der Waals surface area contributed by atoms with Crippen LogP contribution in [0.15, 0.2) is 66.2 Å². The van der Waals surface area contributed by atoms with E-state index in [-0.39, 0.29) is 0 Å². The maximum atomic E-state index is 4.14. The Bertz CT molecular complexity index is 895. The predicted molar refractivity (Wildman–Crippen MR) is 103 cm³/mol. The average molecular weight is 320 g/mol. The van der Waals surface area contributed by atoms with Gasteiger partial charge in [-0.05, 0) is 42.0 Å². The van der Waals surface area contributed by atoms with E-state index in [1.807, 2.05) is 23.7 Å². The Morgan fingerprint density at radius 3 is 2.39 bits per heavy atom. The zero-order valence-corrected chi connectivity index (χ0v) is 14.5. The highest BCUT2D eigenvalue weighted by Gasteiger charge is 1.97. The first-order valence-corrected chi connectivity index (χ1v) is 8.47. The van der Waals surface area contributed by atoms with Crippen LogP contribution in [0.3, 0.4) is 0 Å². The van der Waals surface area contributed by atoms with Crippen molar-refractivity contribution in [3.05, 3.63) is 71.7 Å². The lowest BCUT2D eigenvalue weighted by molar-refractivity contribution is 1.13. The van der Waals surface area contributed by atoms with Gasteiger partial charge in [-0.15, -0.1) is 11.3 Å². The van der Waals surface area contributed by atoms with Crippen LogP contribution >= 0.6 is 11.3 Å². The molecule has 116 valence electrons. The lowest BCUT2D eigenvalue weighted by Crippen LogP contribution is -2.07. The number of anilines is 1. The summed E-state index contributed by atoms with van der Waals surface area (Å²) in [4.78, 5) is 6.26. The highest BCUT2D eigenvalue weighted by molar-refractivity contribution is 7.16. The highest BCUT2D eigenvalue weighted by Crippen LogP contribution is 2.21. The zero-order chi connectivity index (χ0) is 16.2. The van der Waals surface area contributed by atoms with Crippen LogP contribution in [0.1, 0.15) is 5.56 Å². The molecule has 0 radical (unpaired) electrons. The lowest BCUT2D eigenvalue weighted by atomic mass is 10.1. The molecule has 2 nitrogen and oxygen atoms in total. The summed E-state index contributed by atoms with van der Waals surface area (Å²) in [5.74, 6) is 0. The van der Waals surface area contributed by atoms with Crippen molar-refractivity contribution in [3.63, 3.8) is 0 Å². The molecule has 0 atom stereocenters. The maximum absolute atomic E-state index is 4.14. The van der Waals surface area contributed by atoms with Crippen molar-refractivity contribution >= 4 is 38.0 Å². The standard InChI is InChI=1S/C13H15N.C7H5NS/c1-10-4-5-12-9-13(14(2)3)7-6-11(12)8-10;1-2-4-7-6(3-1)8-5-9-7/h4-9H,1-3H3;1-5H. The van der Waals surface area contributed by atoms with Gasteiger partial charge in [0.25, 0.3) is 0 Å². The van der Waals surface area contributed by atoms with E-state index in [0.717, 1.165) is 5.52 Å². The zero-order valence-electron chi connectivity index (χ0n) is 13.7. The van der Waals surface area contributed by atoms with E-state index in [9.17, 15) is 0 Å². The Hall–Kier alpha value is -2.39. The number of aryl methyl sites for hydroxylation is 1. The van der Waals surface area contributed by atoms with Crippen LogP contribution in [0, 0.1) is 6.92 Å². The molecule has 23 heavy (non-hydrogen) atoms. The van der Waals surface area contributed by atoms with Crippen molar-refractivity contribution in [1.82, 2.24) is 4.98 Å². The third-order valence-corrected chi connectivity index (χ3v) is 4.54. The fourth-order valence-corrected chi connectivity index (χ4v) is 3.11. The summed E-state index contributed by atoms with van der Waals surface area (Å²) < 4.78 is 1.26. The van der Waals surface area contributed by atoms with Crippen LogP contribution in [0.2, 0.25) is 0 Å². The van der Waals surface area contributed by atoms with E-state index in [2.05, 4.69) is 73.4 Å². The second kappa shape index (κ2) is 6.80. The molecule has 1 heterocycles. The summed E-state index contributed by atoms with van der Waals surface area (Å²) >= 11 is 1.68. The predicted octanol–water partition coefficient (Wildman–Crippen LogP) is 5.51. The maximum Gasteiger partial charge on any atom is 0.0812 e. The molecule has 0 aliphatic carbocycles. The number of aromatic nitrogens is 1. The van der Waals surface area contributed by atoms with Crippen LogP contribution in [-0.2, 0) is 0 Å². The normalized spacial score (nSPS) is 10.4. The van der Waals surface area contributed by atoms with E-state index < -0.39 is 0 Å². The summed E-state index contributed by atoms with van der Waals surface area (Å²) in [5.41, 5.74) is 5.53. The van der Waals surface area contributed by atoms with Gasteiger partial charge in [-0.25, -0.2) is 4.98 Å². The number of thiazole rings is 1. The molecule has 4 rings (SSSR count). The Balaban J connectivity index is 0.000000149. The van der Waals surface area contributed by atoms with Gasteiger partial charge >= 0.3 is 0 Å². The van der Waals surface area contributed by atoms with Crippen molar-refractivity contribution < 1.29 is 0 Å². The molecule has 3 aromatic carbocycles. The molecule has 0 fully saturated rings. The van der Waals surface area contributed by atoms with Crippen molar-refractivity contribution in [2.75, 3.05) is 19.0 Å². The number of fused-ring (bicyclic) bond motifs is 2. The van der Waals surface area contributed by atoms with Gasteiger partial charge < -0.3 is 4.90 Å². The van der Waals surface area contributed by atoms with Gasteiger partial charge in [-0.2, -0.15) is 0 Å². The van der Waals surface area contributed by atoms with Crippen molar-refractivity contribution in [3.8, 4) is 0 Å². The summed E-state index contributed by atoms with van der Waals surface area (Å²) in [6.07, 6.45) is 0. The molecule has 3 heteroatoms. The Morgan fingerprint density at radius 1 is 0.870 bits per heavy atom. The second-order valence-electron chi connectivity index (χ2n) is 5.75. The Kier molecular flexibility index (Phi) is 4.58. The summed E-state index contributed by atoms with van der Waals surface area (Å²) in [5, 5.41) is 2.62. The molecule has 0 aliphatic heterocycles. The Morgan fingerprint density at radius 2 is 1.61 bits per heavy atom. The van der Waals surface area contributed by atoms with Gasteiger partial charge in [0.15, 0.2) is 0 Å². The number of hydrogen-bond acceptors (Lipinski definition) is 3. The van der Waals surface area contributed by atoms with E-state index in [0.29, 0.717) is 0 Å². The van der Waals surface area contributed by atoms with Crippen molar-refractivity contribution in [1.29, 1.82) is 0 Å². The molecular formula is C20H20N2S. The molecule has 0 saturated heterocycles. The molecule has 0 bridgehead atoms. The van der Waals surface area contributed by atoms with E-state index in [1.165, 1.54) is 26.7 Å². The summed E-state index contributed by atoms with van der Waals surface area (Å²) in [6, 6.07) is 21.2. The van der Waals surface area contributed by atoms with Gasteiger partial charge in [0.1, 0.15) is 0 Å². The molecule has 0 amide bonds. The fraction of sp³-hybridized carbons (Fsp3) is 0.150. The quantitative estimate of drug-likeness (QED) is 0.459. The number of nitrogens with zero attached hydrogens (tertiary/aromatic N) is 2. The first kappa shape index (κ1) is 15.5. The number of rotatable bonds is 1. The van der Waals surface area contributed by atoms with E-state index in [4.69, 9.17) is 0 Å². The van der Waals surface area contributed by atoms with Crippen LogP contribution in [-0.4, -0.2) is 19.1 Å². The summed E-state index contributed by atoms with van der Waals surface area (Å²) in [7, 11) is 4.13. The van der Waals surface area contributed by atoms with Gasteiger partial charge in [0.05, 0.1) is 15.7 Å². The average Bonchev–Trinajstić information content (AvgIpc) is 3.03. The molecule has 0 spiro atoms. The summed E-state index contributed by atoms with van der Waals surface area (Å²) in [6.45, 7) is 2.12. The van der Waals surface area contributed by atoms with E-state index in [1.54, 1.807) is 11.3 Å². The van der Waals surface area contributed by atoms with Crippen molar-refractivity contribution in [2.24, 2.45) is 0 Å². The molecular weight excluding hydrogens is 300 g/mol. The molecule has 4 aromatic rings. The molecule has 0 unspecified atom stereocenters. The van der Waals surface area contributed by atoms with Gasteiger partial charge in [0, 0.05) is 19.8 Å². The Labute approximate surface area is 141 Å². The number of hydrogen-bond donors (Lipinski definition) is 0. The second-order valence-corrected chi connectivity index (χ2v) is 6.64. The minimum Gasteiger partial charge on any atom is -0.378 e. The number of benzene rings is 3. The molecule has 1 aromatic heterocycles. The monoisotopic (exact) mass is 320 g/mol. The lowest BCUT2D eigenvalue weighted by Gasteiger charge is -2.13. The van der Waals surface area contributed by atoms with Crippen molar-refractivity contribution in [2.45, 2.75) is 6.92 Å². The van der Waals surface area contributed by atoms with Crippen LogP contribution in [0.4, 0.5) is 5.69 Å². The molecule has 0 aliphatic rings. The first-order chi connectivity index (χ1) is 11.1. The third kappa shape index (κ3) is 3.69. The number of para-hydroxylation sites is 1. The van der Waals surface area contributed by atoms with Crippen LogP contribution in [0.5, 0.6) is 0 Å². The van der Waals surface area contributed by atoms with Gasteiger partial charge in [0.2, 0.25) is 0 Å². The third-order valence-electron chi connectivity index (χ3n) is 3.73. The van der Waals surface area contributed by atoms with Gasteiger partial charge in [-0.1, -0.05) is 42.0 Å².